The number of ketones is 1. The van der Waals surface area contributed by atoms with Crippen molar-refractivity contribution in [1.29, 1.82) is 0 Å². The maximum Gasteiger partial charge on any atom is 0.176 e. The average molecular weight is 359 g/mol. The number of likely N-dealkylation sites (tertiary alicyclic amines) is 1. The van der Waals surface area contributed by atoms with Crippen LogP contribution in [0.4, 0.5) is 0 Å². The number of aliphatic hydroxyl groups excluding tert-OH is 1. The fourth-order valence-electron chi connectivity index (χ4n) is 2.33. The van der Waals surface area contributed by atoms with E-state index in [-0.39, 0.29) is 11.9 Å². The van der Waals surface area contributed by atoms with Crippen LogP contribution in [0, 0.1) is 9.49 Å². The monoisotopic (exact) mass is 359 g/mol. The number of aliphatic hydroxyl groups is 1. The Hall–Kier alpha value is -0.460. The van der Waals surface area contributed by atoms with Gasteiger partial charge in [0.15, 0.2) is 5.78 Å². The molecule has 0 spiro atoms. The lowest BCUT2D eigenvalue weighted by molar-refractivity contribution is 0.0925. The molecule has 18 heavy (non-hydrogen) atoms. The van der Waals surface area contributed by atoms with Crippen molar-refractivity contribution < 1.29 is 9.90 Å². The number of halogens is 1. The second kappa shape index (κ2) is 6.12. The highest BCUT2D eigenvalue weighted by Gasteiger charge is 2.27. The molecule has 2 unspecified atom stereocenters. The van der Waals surface area contributed by atoms with Gasteiger partial charge in [-0.15, -0.1) is 0 Å². The Labute approximate surface area is 121 Å². The van der Waals surface area contributed by atoms with Crippen molar-refractivity contribution in [1.82, 2.24) is 4.90 Å². The number of benzene rings is 1. The van der Waals surface area contributed by atoms with E-state index in [4.69, 9.17) is 0 Å². The minimum absolute atomic E-state index is 0.164. The molecule has 1 heterocycles. The summed E-state index contributed by atoms with van der Waals surface area (Å²) in [6.07, 6.45) is 0.709. The molecule has 1 fully saturated rings. The van der Waals surface area contributed by atoms with E-state index < -0.39 is 0 Å². The molecule has 1 aromatic rings. The van der Waals surface area contributed by atoms with Crippen molar-refractivity contribution in [3.05, 3.63) is 33.4 Å². The van der Waals surface area contributed by atoms with Gasteiger partial charge in [-0.25, -0.2) is 0 Å². The number of carbonyl (C=O) groups excluding carboxylic acids is 1. The van der Waals surface area contributed by atoms with Gasteiger partial charge in [-0.05, 0) is 60.5 Å². The molecule has 2 atom stereocenters. The van der Waals surface area contributed by atoms with Crippen LogP contribution in [0.1, 0.15) is 23.7 Å². The van der Waals surface area contributed by atoms with Gasteiger partial charge in [0.25, 0.3) is 0 Å². The van der Waals surface area contributed by atoms with Crippen molar-refractivity contribution in [2.24, 2.45) is 5.92 Å². The van der Waals surface area contributed by atoms with Gasteiger partial charge in [0, 0.05) is 15.7 Å². The zero-order valence-corrected chi connectivity index (χ0v) is 12.6. The van der Waals surface area contributed by atoms with Crippen molar-refractivity contribution in [3.63, 3.8) is 0 Å². The van der Waals surface area contributed by atoms with Crippen LogP contribution in [-0.4, -0.2) is 41.5 Å². The van der Waals surface area contributed by atoms with Crippen molar-refractivity contribution >= 4 is 28.4 Å². The summed E-state index contributed by atoms with van der Waals surface area (Å²) < 4.78 is 1.14. The van der Waals surface area contributed by atoms with Crippen LogP contribution in [0.5, 0.6) is 0 Å². The molecule has 1 aromatic carbocycles. The summed E-state index contributed by atoms with van der Waals surface area (Å²) in [6.45, 7) is 4.03. The SMILES string of the molecule is CC(O)C1CCN(CC(=O)c2ccc(I)cc2)C1. The average Bonchev–Trinajstić information content (AvgIpc) is 2.78. The lowest BCUT2D eigenvalue weighted by Gasteiger charge is -2.16. The molecular weight excluding hydrogens is 341 g/mol. The summed E-state index contributed by atoms with van der Waals surface area (Å²) >= 11 is 2.23. The molecule has 0 saturated carbocycles. The van der Waals surface area contributed by atoms with E-state index in [0.29, 0.717) is 12.5 Å². The maximum atomic E-state index is 12.1. The first-order valence-electron chi connectivity index (χ1n) is 6.25. The molecule has 98 valence electrons. The maximum absolute atomic E-state index is 12.1. The first-order valence-corrected chi connectivity index (χ1v) is 7.33. The van der Waals surface area contributed by atoms with Crippen LogP contribution in [0.15, 0.2) is 24.3 Å². The normalized spacial score (nSPS) is 22.1. The van der Waals surface area contributed by atoms with Gasteiger partial charge in [0.05, 0.1) is 12.6 Å². The molecule has 0 radical (unpaired) electrons. The Bertz CT molecular complexity index is 416. The molecule has 3 nitrogen and oxygen atoms in total. The third-order valence-electron chi connectivity index (χ3n) is 3.52. The Kier molecular flexibility index (Phi) is 4.75. The highest BCUT2D eigenvalue weighted by Crippen LogP contribution is 2.20. The van der Waals surface area contributed by atoms with Crippen molar-refractivity contribution in [2.75, 3.05) is 19.6 Å². The predicted molar refractivity (Wildman–Crippen MR) is 79.7 cm³/mol. The first-order chi connectivity index (χ1) is 8.56. The Balaban J connectivity index is 1.91. The van der Waals surface area contributed by atoms with Crippen molar-refractivity contribution in [3.8, 4) is 0 Å². The third-order valence-corrected chi connectivity index (χ3v) is 4.24. The van der Waals surface area contributed by atoms with Gasteiger partial charge >= 0.3 is 0 Å². The number of nitrogens with zero attached hydrogens (tertiary/aromatic N) is 1. The van der Waals surface area contributed by atoms with E-state index in [1.54, 1.807) is 0 Å². The van der Waals surface area contributed by atoms with E-state index in [1.165, 1.54) is 0 Å². The minimum atomic E-state index is -0.275. The number of hydrogen-bond acceptors (Lipinski definition) is 3. The van der Waals surface area contributed by atoms with E-state index >= 15 is 0 Å². The molecule has 1 N–H and O–H groups in total. The van der Waals surface area contributed by atoms with Gasteiger partial charge < -0.3 is 5.11 Å². The summed E-state index contributed by atoms with van der Waals surface area (Å²) in [4.78, 5) is 14.2. The van der Waals surface area contributed by atoms with E-state index in [9.17, 15) is 9.90 Å². The molecule has 4 heteroatoms. The Morgan fingerprint density at radius 3 is 2.72 bits per heavy atom. The number of Topliss-reactive ketones (excluding diaryl/α,β-unsaturated/α-hetero) is 1. The zero-order chi connectivity index (χ0) is 13.1. The molecule has 0 amide bonds. The third kappa shape index (κ3) is 3.52. The summed E-state index contributed by atoms with van der Waals surface area (Å²) in [6, 6.07) is 7.67. The van der Waals surface area contributed by atoms with Crippen molar-refractivity contribution in [2.45, 2.75) is 19.4 Å². The second-order valence-corrected chi connectivity index (χ2v) is 6.20. The van der Waals surface area contributed by atoms with E-state index in [2.05, 4.69) is 27.5 Å². The molecule has 2 rings (SSSR count). The van der Waals surface area contributed by atoms with Crippen LogP contribution >= 0.6 is 22.6 Å². The molecule has 1 aliphatic heterocycles. The number of rotatable bonds is 4. The topological polar surface area (TPSA) is 40.5 Å². The number of hydrogen-bond donors (Lipinski definition) is 1. The molecule has 1 saturated heterocycles. The molecule has 0 bridgehead atoms. The minimum Gasteiger partial charge on any atom is -0.393 e. The molecule has 1 aliphatic rings. The van der Waals surface area contributed by atoms with Crippen LogP contribution in [-0.2, 0) is 0 Å². The smallest absolute Gasteiger partial charge is 0.176 e. The van der Waals surface area contributed by atoms with Gasteiger partial charge in [0.1, 0.15) is 0 Å². The summed E-state index contributed by atoms with van der Waals surface area (Å²) in [5.41, 5.74) is 0.774. The zero-order valence-electron chi connectivity index (χ0n) is 10.5. The fourth-order valence-corrected chi connectivity index (χ4v) is 2.69. The standard InChI is InChI=1S/C14H18INO2/c1-10(17)12-6-7-16(8-12)9-14(18)11-2-4-13(15)5-3-11/h2-5,10,12,17H,6-9H2,1H3. The summed E-state index contributed by atoms with van der Waals surface area (Å²) in [5, 5.41) is 9.54. The van der Waals surface area contributed by atoms with Gasteiger partial charge in [-0.2, -0.15) is 0 Å². The predicted octanol–water partition coefficient (Wildman–Crippen LogP) is 2.18. The van der Waals surface area contributed by atoms with Crippen LogP contribution in [0.2, 0.25) is 0 Å². The quantitative estimate of drug-likeness (QED) is 0.662. The summed E-state index contributed by atoms with van der Waals surface area (Å²) in [7, 11) is 0. The van der Waals surface area contributed by atoms with E-state index in [0.717, 1.165) is 28.6 Å². The van der Waals surface area contributed by atoms with Gasteiger partial charge in [-0.3, -0.25) is 9.69 Å². The largest absolute Gasteiger partial charge is 0.393 e. The lowest BCUT2D eigenvalue weighted by atomic mass is 10.0. The Morgan fingerprint density at radius 2 is 2.17 bits per heavy atom. The van der Waals surface area contributed by atoms with E-state index in [1.807, 2.05) is 31.2 Å². The van der Waals surface area contributed by atoms with Gasteiger partial charge in [0.2, 0.25) is 0 Å². The summed E-state index contributed by atoms with van der Waals surface area (Å²) in [5.74, 6) is 0.479. The van der Waals surface area contributed by atoms with Crippen LogP contribution in [0.3, 0.4) is 0 Å². The molecule has 0 aliphatic carbocycles. The second-order valence-electron chi connectivity index (χ2n) is 4.95. The highest BCUT2D eigenvalue weighted by atomic mass is 127. The number of carbonyl (C=O) groups is 1. The molecule has 0 aromatic heterocycles. The van der Waals surface area contributed by atoms with Gasteiger partial charge in [-0.1, -0.05) is 12.1 Å². The molecular formula is C14H18INO2. The fraction of sp³-hybridized carbons (Fsp3) is 0.500. The Morgan fingerprint density at radius 1 is 1.50 bits per heavy atom. The van der Waals surface area contributed by atoms with Crippen LogP contribution in [0.25, 0.3) is 0 Å². The lowest BCUT2D eigenvalue weighted by Crippen LogP contribution is -2.29. The first kappa shape index (κ1) is 14.0. The van der Waals surface area contributed by atoms with Crippen LogP contribution < -0.4 is 0 Å². The highest BCUT2D eigenvalue weighted by molar-refractivity contribution is 14.1.